The molecule has 18 heavy (non-hydrogen) atoms. The van der Waals surface area contributed by atoms with E-state index in [0.29, 0.717) is 6.04 Å². The van der Waals surface area contributed by atoms with Crippen LogP contribution < -0.4 is 9.74 Å². The van der Waals surface area contributed by atoms with Gasteiger partial charge in [-0.25, -0.2) is 0 Å². The van der Waals surface area contributed by atoms with Gasteiger partial charge in [0.15, 0.2) is 0 Å². The van der Waals surface area contributed by atoms with Crippen molar-refractivity contribution in [3.63, 3.8) is 0 Å². The van der Waals surface area contributed by atoms with Crippen LogP contribution in [0.2, 0.25) is 19.6 Å². The first-order valence-electron chi connectivity index (χ1n) is 6.57. The van der Waals surface area contributed by atoms with Gasteiger partial charge in [-0.05, 0) is 56.7 Å². The van der Waals surface area contributed by atoms with Crippen LogP contribution in [0.1, 0.15) is 30.9 Å². The Morgan fingerprint density at radius 1 is 1.11 bits per heavy atom. The minimum Gasteiger partial charge on any atom is -0.544 e. The Labute approximate surface area is 118 Å². The maximum atomic E-state index is 5.96. The minimum atomic E-state index is -1.47. The van der Waals surface area contributed by atoms with Gasteiger partial charge >= 0.3 is 0 Å². The maximum absolute atomic E-state index is 5.96. The molecule has 0 saturated carbocycles. The molecule has 0 radical (unpaired) electrons. The summed E-state index contributed by atoms with van der Waals surface area (Å²) < 4.78 is 5.96. The fourth-order valence-corrected chi connectivity index (χ4v) is 3.10. The van der Waals surface area contributed by atoms with Crippen LogP contribution in [-0.4, -0.2) is 14.9 Å². The molecule has 1 heterocycles. The van der Waals surface area contributed by atoms with Crippen LogP contribution in [0.5, 0.6) is 5.75 Å². The van der Waals surface area contributed by atoms with Crippen molar-refractivity contribution >= 4 is 20.7 Å². The zero-order valence-corrected chi connectivity index (χ0v) is 13.3. The highest BCUT2D eigenvalue weighted by molar-refractivity contribution is 6.70. The Hall–Kier alpha value is -0.513. The summed E-state index contributed by atoms with van der Waals surface area (Å²) in [4.78, 5) is 0. The topological polar surface area (TPSA) is 21.3 Å². The Bertz CT molecular complexity index is 355. The van der Waals surface area contributed by atoms with E-state index in [2.05, 4.69) is 49.2 Å². The van der Waals surface area contributed by atoms with E-state index in [4.69, 9.17) is 4.43 Å². The van der Waals surface area contributed by atoms with E-state index in [0.717, 1.165) is 12.3 Å². The minimum absolute atomic E-state index is 0. The highest BCUT2D eigenvalue weighted by atomic mass is 35.5. The van der Waals surface area contributed by atoms with Crippen LogP contribution in [0.25, 0.3) is 0 Å². The number of hydrogen-bond donors (Lipinski definition) is 1. The summed E-state index contributed by atoms with van der Waals surface area (Å²) in [5.74, 6) is 1.02. The van der Waals surface area contributed by atoms with E-state index in [1.54, 1.807) is 0 Å². The molecule has 4 heteroatoms. The first-order valence-corrected chi connectivity index (χ1v) is 9.98. The van der Waals surface area contributed by atoms with E-state index >= 15 is 0 Å². The number of hydrogen-bond acceptors (Lipinski definition) is 2. The van der Waals surface area contributed by atoms with Gasteiger partial charge < -0.3 is 9.74 Å². The fourth-order valence-electron chi connectivity index (χ4n) is 2.26. The molecule has 1 aliphatic rings. The van der Waals surface area contributed by atoms with Crippen LogP contribution >= 0.6 is 12.4 Å². The third-order valence-corrected chi connectivity index (χ3v) is 3.86. The standard InChI is InChI=1S/C14H23NOSi.ClH/c1-17(2,3)16-13-9-7-12(8-10-13)14-6-4-5-11-15-14;/h7-10,14-15H,4-6,11H2,1-3H3;1H/t14-;/m1./s1. The monoisotopic (exact) mass is 285 g/mol. The molecular formula is C14H24ClNOSi. The lowest BCUT2D eigenvalue weighted by atomic mass is 9.98. The van der Waals surface area contributed by atoms with Crippen molar-refractivity contribution in [3.05, 3.63) is 29.8 Å². The molecule has 1 aromatic rings. The fraction of sp³-hybridized carbons (Fsp3) is 0.571. The van der Waals surface area contributed by atoms with Gasteiger partial charge in [0.1, 0.15) is 5.75 Å². The van der Waals surface area contributed by atoms with Gasteiger partial charge in [-0.1, -0.05) is 18.6 Å². The second kappa shape index (κ2) is 6.59. The van der Waals surface area contributed by atoms with Crippen molar-refractivity contribution in [2.75, 3.05) is 6.54 Å². The molecule has 1 fully saturated rings. The Kier molecular flexibility index (Phi) is 5.69. The van der Waals surface area contributed by atoms with Crippen molar-refractivity contribution < 1.29 is 4.43 Å². The van der Waals surface area contributed by atoms with Crippen molar-refractivity contribution in [1.82, 2.24) is 5.32 Å². The number of halogens is 1. The number of benzene rings is 1. The summed E-state index contributed by atoms with van der Waals surface area (Å²) in [6.07, 6.45) is 3.91. The lowest BCUT2D eigenvalue weighted by Gasteiger charge is -2.24. The summed E-state index contributed by atoms with van der Waals surface area (Å²) in [6.45, 7) is 7.79. The second-order valence-corrected chi connectivity index (χ2v) is 10.2. The molecule has 0 bridgehead atoms. The molecule has 0 amide bonds. The summed E-state index contributed by atoms with van der Waals surface area (Å²) in [7, 11) is -1.47. The number of rotatable bonds is 3. The summed E-state index contributed by atoms with van der Waals surface area (Å²) in [5.41, 5.74) is 1.40. The highest BCUT2D eigenvalue weighted by Crippen LogP contribution is 2.25. The predicted octanol–water partition coefficient (Wildman–Crippen LogP) is 4.14. The van der Waals surface area contributed by atoms with Crippen LogP contribution in [-0.2, 0) is 0 Å². The molecule has 1 N–H and O–H groups in total. The number of nitrogens with one attached hydrogen (secondary N) is 1. The smallest absolute Gasteiger partial charge is 0.242 e. The lowest BCUT2D eigenvalue weighted by Crippen LogP contribution is -2.29. The van der Waals surface area contributed by atoms with E-state index in [1.165, 1.54) is 24.8 Å². The predicted molar refractivity (Wildman–Crippen MR) is 82.3 cm³/mol. The van der Waals surface area contributed by atoms with Crippen LogP contribution in [0.15, 0.2) is 24.3 Å². The first kappa shape index (κ1) is 15.5. The molecule has 2 nitrogen and oxygen atoms in total. The van der Waals surface area contributed by atoms with Crippen LogP contribution in [0.4, 0.5) is 0 Å². The third kappa shape index (κ3) is 4.63. The quantitative estimate of drug-likeness (QED) is 0.843. The molecule has 102 valence electrons. The van der Waals surface area contributed by atoms with E-state index in [9.17, 15) is 0 Å². The average Bonchev–Trinajstić information content (AvgIpc) is 2.29. The largest absolute Gasteiger partial charge is 0.544 e. The van der Waals surface area contributed by atoms with Crippen molar-refractivity contribution in [2.45, 2.75) is 44.9 Å². The normalized spacial score (nSPS) is 20.1. The second-order valence-electron chi connectivity index (χ2n) is 5.79. The van der Waals surface area contributed by atoms with E-state index in [-0.39, 0.29) is 12.4 Å². The van der Waals surface area contributed by atoms with Gasteiger partial charge in [0.25, 0.3) is 0 Å². The summed E-state index contributed by atoms with van der Waals surface area (Å²) in [5, 5.41) is 3.57. The molecule has 0 aromatic heterocycles. The molecule has 0 unspecified atom stereocenters. The van der Waals surface area contributed by atoms with Gasteiger partial charge in [0.05, 0.1) is 0 Å². The molecule has 0 aliphatic carbocycles. The highest BCUT2D eigenvalue weighted by Gasteiger charge is 2.17. The van der Waals surface area contributed by atoms with Gasteiger partial charge in [-0.2, -0.15) is 0 Å². The molecular weight excluding hydrogens is 262 g/mol. The zero-order valence-electron chi connectivity index (χ0n) is 11.5. The van der Waals surface area contributed by atoms with Crippen molar-refractivity contribution in [2.24, 2.45) is 0 Å². The zero-order chi connectivity index (χ0) is 12.3. The molecule has 2 rings (SSSR count). The van der Waals surface area contributed by atoms with Gasteiger partial charge in [-0.3, -0.25) is 0 Å². The van der Waals surface area contributed by atoms with Crippen LogP contribution in [0, 0.1) is 0 Å². The average molecular weight is 286 g/mol. The number of piperidine rings is 1. The Morgan fingerprint density at radius 3 is 2.28 bits per heavy atom. The van der Waals surface area contributed by atoms with Gasteiger partial charge in [0, 0.05) is 6.04 Å². The summed E-state index contributed by atoms with van der Waals surface area (Å²) in [6, 6.07) is 9.19. The maximum Gasteiger partial charge on any atom is 0.242 e. The molecule has 0 spiro atoms. The third-order valence-electron chi connectivity index (χ3n) is 3.02. The van der Waals surface area contributed by atoms with Crippen LogP contribution in [0.3, 0.4) is 0 Å². The van der Waals surface area contributed by atoms with Crippen molar-refractivity contribution in [3.8, 4) is 5.75 Å². The van der Waals surface area contributed by atoms with E-state index in [1.807, 2.05) is 0 Å². The Balaban J connectivity index is 0.00000162. The van der Waals surface area contributed by atoms with E-state index < -0.39 is 8.32 Å². The molecule has 1 aliphatic heterocycles. The van der Waals surface area contributed by atoms with Crippen molar-refractivity contribution in [1.29, 1.82) is 0 Å². The summed E-state index contributed by atoms with van der Waals surface area (Å²) >= 11 is 0. The van der Waals surface area contributed by atoms with Gasteiger partial charge in [-0.15, -0.1) is 12.4 Å². The SMILES string of the molecule is C[Si](C)(C)Oc1ccc([C@H]2CCCCN2)cc1.Cl. The Morgan fingerprint density at radius 2 is 1.78 bits per heavy atom. The van der Waals surface area contributed by atoms with Gasteiger partial charge in [0.2, 0.25) is 8.32 Å². The molecule has 1 saturated heterocycles. The molecule has 1 aromatic carbocycles. The molecule has 1 atom stereocenters. The first-order chi connectivity index (χ1) is 8.04. The lowest BCUT2D eigenvalue weighted by molar-refractivity contribution is 0.412.